The highest BCUT2D eigenvalue weighted by molar-refractivity contribution is 5.55. The fourth-order valence-corrected chi connectivity index (χ4v) is 3.24. The van der Waals surface area contributed by atoms with Gasteiger partial charge in [-0.25, -0.2) is 0 Å². The molecule has 0 aliphatic carbocycles. The molecule has 2 aromatic carbocycles. The number of methoxy groups -OCH3 is 1. The van der Waals surface area contributed by atoms with Crippen LogP contribution >= 0.6 is 0 Å². The van der Waals surface area contributed by atoms with Gasteiger partial charge in [0.1, 0.15) is 5.75 Å². The number of ether oxygens (including phenoxy) is 2. The summed E-state index contributed by atoms with van der Waals surface area (Å²) in [6.07, 6.45) is 1.74. The Bertz CT molecular complexity index is 659. The Morgan fingerprint density at radius 3 is 2.79 bits per heavy atom. The molecule has 4 heteroatoms. The minimum atomic E-state index is -0.508. The largest absolute Gasteiger partial charge is 0.496 e. The van der Waals surface area contributed by atoms with Gasteiger partial charge in [0.25, 0.3) is 0 Å². The van der Waals surface area contributed by atoms with Crippen LogP contribution in [0.25, 0.3) is 0 Å². The van der Waals surface area contributed by atoms with Gasteiger partial charge in [-0.3, -0.25) is 0 Å². The van der Waals surface area contributed by atoms with Crippen LogP contribution in [0.1, 0.15) is 17.5 Å². The number of benzene rings is 2. The van der Waals surface area contributed by atoms with Crippen molar-refractivity contribution in [3.05, 3.63) is 59.7 Å². The van der Waals surface area contributed by atoms with Crippen molar-refractivity contribution in [3.8, 4) is 5.75 Å². The van der Waals surface area contributed by atoms with Crippen molar-refractivity contribution in [2.24, 2.45) is 0 Å². The number of aliphatic hydroxyl groups excluding tert-OH is 1. The van der Waals surface area contributed by atoms with Gasteiger partial charge < -0.3 is 19.5 Å². The van der Waals surface area contributed by atoms with Crippen molar-refractivity contribution in [1.82, 2.24) is 0 Å². The zero-order valence-corrected chi connectivity index (χ0v) is 14.1. The standard InChI is InChI=1S/C20H25NO3/c1-23-20-11-5-3-8-17(20)14-24-15-18(22)13-21-12-6-9-16-7-2-4-10-19(16)21/h2-5,7-8,10-11,18,22H,6,9,12-15H2,1H3. The molecule has 0 fully saturated rings. The average Bonchev–Trinajstić information content (AvgIpc) is 2.62. The molecule has 1 heterocycles. The normalized spacial score (nSPS) is 15.0. The second-order valence-electron chi connectivity index (χ2n) is 6.16. The molecule has 0 bridgehead atoms. The third-order valence-corrected chi connectivity index (χ3v) is 4.40. The summed E-state index contributed by atoms with van der Waals surface area (Å²) in [5.74, 6) is 0.817. The van der Waals surface area contributed by atoms with Crippen molar-refractivity contribution >= 4 is 5.69 Å². The molecule has 0 amide bonds. The molecule has 3 rings (SSSR count). The topological polar surface area (TPSA) is 41.9 Å². The van der Waals surface area contributed by atoms with E-state index < -0.39 is 6.10 Å². The highest BCUT2D eigenvalue weighted by atomic mass is 16.5. The molecule has 24 heavy (non-hydrogen) atoms. The van der Waals surface area contributed by atoms with Crippen LogP contribution in [0.2, 0.25) is 0 Å². The van der Waals surface area contributed by atoms with Crippen LogP contribution in [0.5, 0.6) is 5.75 Å². The Hall–Kier alpha value is -2.04. The van der Waals surface area contributed by atoms with Gasteiger partial charge in [-0.05, 0) is 30.5 Å². The Morgan fingerprint density at radius 1 is 1.12 bits per heavy atom. The van der Waals surface area contributed by atoms with E-state index in [1.165, 1.54) is 11.3 Å². The van der Waals surface area contributed by atoms with Crippen molar-refractivity contribution in [3.63, 3.8) is 0 Å². The number of anilines is 1. The van der Waals surface area contributed by atoms with Crippen molar-refractivity contribution in [1.29, 1.82) is 0 Å². The first-order chi connectivity index (χ1) is 11.8. The fourth-order valence-electron chi connectivity index (χ4n) is 3.24. The van der Waals surface area contributed by atoms with Crippen molar-refractivity contribution in [2.75, 3.05) is 31.7 Å². The maximum absolute atomic E-state index is 10.3. The summed E-state index contributed by atoms with van der Waals surface area (Å²) in [6, 6.07) is 16.2. The average molecular weight is 327 g/mol. The summed E-state index contributed by atoms with van der Waals surface area (Å²) in [6.45, 7) is 2.35. The lowest BCUT2D eigenvalue weighted by Gasteiger charge is -2.32. The Kier molecular flexibility index (Phi) is 5.72. The van der Waals surface area contributed by atoms with Gasteiger partial charge in [-0.1, -0.05) is 36.4 Å². The molecular formula is C20H25NO3. The van der Waals surface area contributed by atoms with Gasteiger partial charge >= 0.3 is 0 Å². The molecule has 128 valence electrons. The first-order valence-electron chi connectivity index (χ1n) is 8.48. The van der Waals surface area contributed by atoms with E-state index in [0.29, 0.717) is 19.8 Å². The van der Waals surface area contributed by atoms with Crippen LogP contribution in [0, 0.1) is 0 Å². The smallest absolute Gasteiger partial charge is 0.124 e. The molecule has 1 atom stereocenters. The monoisotopic (exact) mass is 327 g/mol. The zero-order valence-electron chi connectivity index (χ0n) is 14.1. The second-order valence-corrected chi connectivity index (χ2v) is 6.16. The molecule has 0 radical (unpaired) electrons. The number of aryl methyl sites for hydroxylation is 1. The molecule has 0 spiro atoms. The number of hydrogen-bond acceptors (Lipinski definition) is 4. The second kappa shape index (κ2) is 8.18. The molecule has 0 saturated heterocycles. The van der Waals surface area contributed by atoms with E-state index in [4.69, 9.17) is 9.47 Å². The SMILES string of the molecule is COc1ccccc1COCC(O)CN1CCCc2ccccc21. The summed E-state index contributed by atoms with van der Waals surface area (Å²) in [5, 5.41) is 10.3. The summed E-state index contributed by atoms with van der Waals surface area (Å²) < 4.78 is 11.0. The van der Waals surface area contributed by atoms with E-state index in [2.05, 4.69) is 29.2 Å². The van der Waals surface area contributed by atoms with Gasteiger partial charge in [0, 0.05) is 24.3 Å². The lowest BCUT2D eigenvalue weighted by Crippen LogP contribution is -2.38. The molecule has 4 nitrogen and oxygen atoms in total. The molecular weight excluding hydrogens is 302 g/mol. The molecule has 1 aliphatic rings. The summed E-state index contributed by atoms with van der Waals surface area (Å²) in [5.41, 5.74) is 3.61. The Balaban J connectivity index is 1.51. The van der Waals surface area contributed by atoms with E-state index in [1.54, 1.807) is 7.11 Å². The maximum Gasteiger partial charge on any atom is 0.124 e. The third kappa shape index (κ3) is 4.08. The van der Waals surface area contributed by atoms with Crippen molar-refractivity contribution in [2.45, 2.75) is 25.6 Å². The third-order valence-electron chi connectivity index (χ3n) is 4.40. The number of aliphatic hydroxyl groups is 1. The van der Waals surface area contributed by atoms with Gasteiger partial charge in [-0.2, -0.15) is 0 Å². The first-order valence-corrected chi connectivity index (χ1v) is 8.48. The van der Waals surface area contributed by atoms with E-state index in [9.17, 15) is 5.11 Å². The van der Waals surface area contributed by atoms with E-state index in [0.717, 1.165) is 30.7 Å². The van der Waals surface area contributed by atoms with Gasteiger partial charge in [0.2, 0.25) is 0 Å². The van der Waals surface area contributed by atoms with Gasteiger partial charge in [0.15, 0.2) is 0 Å². The molecule has 0 aromatic heterocycles. The lowest BCUT2D eigenvalue weighted by atomic mass is 10.0. The fraction of sp³-hybridized carbons (Fsp3) is 0.400. The lowest BCUT2D eigenvalue weighted by molar-refractivity contribution is 0.0311. The Labute approximate surface area is 143 Å². The van der Waals surface area contributed by atoms with Crippen LogP contribution in [-0.4, -0.2) is 38.0 Å². The predicted octanol–water partition coefficient (Wildman–Crippen LogP) is 3.03. The molecule has 2 aromatic rings. The number of hydrogen-bond donors (Lipinski definition) is 1. The van der Waals surface area contributed by atoms with E-state index in [1.807, 2.05) is 24.3 Å². The maximum atomic E-state index is 10.3. The number of nitrogens with zero attached hydrogens (tertiary/aromatic N) is 1. The van der Waals surface area contributed by atoms with E-state index in [-0.39, 0.29) is 0 Å². The first kappa shape index (κ1) is 16.8. The Morgan fingerprint density at radius 2 is 1.92 bits per heavy atom. The number of fused-ring (bicyclic) bond motifs is 1. The number of rotatable bonds is 7. The predicted molar refractivity (Wildman–Crippen MR) is 95.6 cm³/mol. The highest BCUT2D eigenvalue weighted by Gasteiger charge is 2.19. The van der Waals surface area contributed by atoms with Crippen LogP contribution < -0.4 is 9.64 Å². The summed E-state index contributed by atoms with van der Waals surface area (Å²) in [7, 11) is 1.65. The molecule has 0 saturated carbocycles. The van der Waals surface area contributed by atoms with Crippen LogP contribution in [0.3, 0.4) is 0 Å². The van der Waals surface area contributed by atoms with Gasteiger partial charge in [-0.15, -0.1) is 0 Å². The summed E-state index contributed by atoms with van der Waals surface area (Å²) in [4.78, 5) is 2.26. The minimum Gasteiger partial charge on any atom is -0.496 e. The molecule has 1 unspecified atom stereocenters. The highest BCUT2D eigenvalue weighted by Crippen LogP contribution is 2.26. The zero-order chi connectivity index (χ0) is 16.8. The van der Waals surface area contributed by atoms with Crippen LogP contribution in [-0.2, 0) is 17.8 Å². The van der Waals surface area contributed by atoms with Crippen LogP contribution in [0.15, 0.2) is 48.5 Å². The summed E-state index contributed by atoms with van der Waals surface area (Å²) >= 11 is 0. The van der Waals surface area contributed by atoms with Gasteiger partial charge in [0.05, 0.1) is 26.4 Å². The number of para-hydroxylation sites is 2. The molecule has 1 aliphatic heterocycles. The van der Waals surface area contributed by atoms with Crippen LogP contribution in [0.4, 0.5) is 5.69 Å². The minimum absolute atomic E-state index is 0.316. The quantitative estimate of drug-likeness (QED) is 0.849. The van der Waals surface area contributed by atoms with Crippen molar-refractivity contribution < 1.29 is 14.6 Å². The molecule has 1 N–H and O–H groups in total. The van der Waals surface area contributed by atoms with E-state index >= 15 is 0 Å². The number of β-amino-alcohol motifs (C(OH)–C–C–N with tert-alkyl or cyclic N) is 1.